The summed E-state index contributed by atoms with van der Waals surface area (Å²) in [5, 5.41) is 19.4. The van der Waals surface area contributed by atoms with E-state index in [4.69, 9.17) is 0 Å². The molecular weight excluding hydrogens is 335 g/mol. The predicted molar refractivity (Wildman–Crippen MR) is 62.8 cm³/mol. The zero-order valence-corrected chi connectivity index (χ0v) is 11.1. The van der Waals surface area contributed by atoms with Crippen LogP contribution in [-0.2, 0) is 24.3 Å². The average molecular weight is 342 g/mol. The van der Waals surface area contributed by atoms with Gasteiger partial charge in [-0.2, -0.15) is 6.08 Å². The fourth-order valence-electron chi connectivity index (χ4n) is 2.10. The fraction of sp³-hybridized carbons (Fsp3) is 0. The third-order valence-corrected chi connectivity index (χ3v) is 2.97. The summed E-state index contributed by atoms with van der Waals surface area (Å²) in [5.74, 6) is -2.03. The Morgan fingerprint density at radius 1 is 0.947 bits per heavy atom. The number of ketones is 2. The van der Waals surface area contributed by atoms with Crippen LogP contribution in [0.4, 0.5) is 0 Å². The van der Waals surface area contributed by atoms with E-state index < -0.39 is 11.5 Å². The molecule has 97 valence electrons. The molecule has 0 fully saturated rings. The van der Waals surface area contributed by atoms with Crippen LogP contribution in [0.2, 0.25) is 0 Å². The van der Waals surface area contributed by atoms with Crippen LogP contribution in [0.15, 0.2) is 47.2 Å². The first-order chi connectivity index (χ1) is 8.61. The molecule has 5 heteroatoms. The van der Waals surface area contributed by atoms with Gasteiger partial charge in [0.15, 0.2) is 0 Å². The minimum absolute atomic E-state index is 0. The second kappa shape index (κ2) is 4.59. The Morgan fingerprint density at radius 2 is 1.58 bits per heavy atom. The van der Waals surface area contributed by atoms with Crippen LogP contribution < -0.4 is 0 Å². The van der Waals surface area contributed by atoms with E-state index in [1.54, 1.807) is 24.3 Å². The summed E-state index contributed by atoms with van der Waals surface area (Å²) in [6.07, 6.45) is 3.53. The molecule has 0 aromatic heterocycles. The first-order valence-electron chi connectivity index (χ1n) is 5.26. The second-order valence-electron chi connectivity index (χ2n) is 3.98. The van der Waals surface area contributed by atoms with Crippen molar-refractivity contribution >= 4 is 17.3 Å². The number of aliphatic hydroxyl groups is 2. The molecule has 2 aliphatic carbocycles. The SMILES string of the molecule is O=C1C(O)=[C-]C=C2C(=O)c3ccccc3C(O)=C12.[Rh]. The van der Waals surface area contributed by atoms with Gasteiger partial charge in [-0.25, -0.2) is 0 Å². The molecule has 1 aromatic carbocycles. The van der Waals surface area contributed by atoms with Crippen LogP contribution in [0, 0.1) is 6.08 Å². The van der Waals surface area contributed by atoms with Crippen molar-refractivity contribution in [1.29, 1.82) is 0 Å². The Hall–Kier alpha value is -2.00. The number of aliphatic hydroxyl groups excluding tert-OH is 2. The molecule has 1 aromatic rings. The van der Waals surface area contributed by atoms with Gasteiger partial charge in [0.05, 0.1) is 5.76 Å². The average Bonchev–Trinajstić information content (AvgIpc) is 2.39. The van der Waals surface area contributed by atoms with E-state index >= 15 is 0 Å². The number of allylic oxidation sites excluding steroid dienone is 4. The molecule has 0 bridgehead atoms. The van der Waals surface area contributed by atoms with Crippen LogP contribution in [-0.4, -0.2) is 21.8 Å². The number of benzene rings is 1. The van der Waals surface area contributed by atoms with Gasteiger partial charge >= 0.3 is 0 Å². The first kappa shape index (κ1) is 13.4. The summed E-state index contributed by atoms with van der Waals surface area (Å²) in [5.41, 5.74) is 0.544. The van der Waals surface area contributed by atoms with Gasteiger partial charge in [-0.1, -0.05) is 29.8 Å². The topological polar surface area (TPSA) is 74.6 Å². The number of Topliss-reactive ketones (excluding diaryl/α,β-unsaturated/α-hetero) is 2. The van der Waals surface area contributed by atoms with Crippen molar-refractivity contribution in [2.75, 3.05) is 0 Å². The Bertz CT molecular complexity index is 695. The van der Waals surface area contributed by atoms with Gasteiger partial charge in [0, 0.05) is 30.6 Å². The number of hydrogen-bond acceptors (Lipinski definition) is 4. The Balaban J connectivity index is 0.00000133. The molecule has 2 aliphatic rings. The quantitative estimate of drug-likeness (QED) is 0.558. The van der Waals surface area contributed by atoms with Crippen LogP contribution in [0.25, 0.3) is 5.76 Å². The molecule has 19 heavy (non-hydrogen) atoms. The van der Waals surface area contributed by atoms with Crippen molar-refractivity contribution in [3.63, 3.8) is 0 Å². The number of rotatable bonds is 0. The van der Waals surface area contributed by atoms with Crippen molar-refractivity contribution in [3.05, 3.63) is 64.4 Å². The molecule has 0 unspecified atom stereocenters. The van der Waals surface area contributed by atoms with Gasteiger partial charge in [0.25, 0.3) is 0 Å². The molecule has 0 heterocycles. The molecular formula is C14H7O4Rh-. The van der Waals surface area contributed by atoms with E-state index in [0.29, 0.717) is 11.1 Å². The summed E-state index contributed by atoms with van der Waals surface area (Å²) < 4.78 is 0. The zero-order chi connectivity index (χ0) is 12.9. The first-order valence-corrected chi connectivity index (χ1v) is 5.26. The number of carbonyl (C=O) groups is 2. The summed E-state index contributed by atoms with van der Waals surface area (Å²) in [4.78, 5) is 23.9. The van der Waals surface area contributed by atoms with Crippen molar-refractivity contribution in [1.82, 2.24) is 0 Å². The molecule has 3 rings (SSSR count). The molecule has 0 aliphatic heterocycles. The molecule has 1 radical (unpaired) electrons. The van der Waals surface area contributed by atoms with Crippen molar-refractivity contribution in [2.45, 2.75) is 0 Å². The zero-order valence-electron chi connectivity index (χ0n) is 9.43. The van der Waals surface area contributed by atoms with Crippen LogP contribution in [0.5, 0.6) is 0 Å². The number of carbonyl (C=O) groups excluding carboxylic acids is 2. The maximum atomic E-state index is 12.2. The fourth-order valence-corrected chi connectivity index (χ4v) is 2.10. The van der Waals surface area contributed by atoms with E-state index in [-0.39, 0.29) is 42.2 Å². The molecule has 4 nitrogen and oxygen atoms in total. The number of hydrogen-bond donors (Lipinski definition) is 2. The van der Waals surface area contributed by atoms with Gasteiger partial charge in [-0.05, 0) is 5.57 Å². The van der Waals surface area contributed by atoms with Gasteiger partial charge in [0.1, 0.15) is 17.3 Å². The summed E-state index contributed by atoms with van der Waals surface area (Å²) in [6, 6.07) is 6.47. The van der Waals surface area contributed by atoms with Crippen molar-refractivity contribution < 1.29 is 39.3 Å². The Kier molecular flexibility index (Phi) is 3.25. The summed E-state index contributed by atoms with van der Waals surface area (Å²) in [6.45, 7) is 0. The normalized spacial score (nSPS) is 17.1. The molecule has 0 saturated heterocycles. The monoisotopic (exact) mass is 342 g/mol. The minimum atomic E-state index is -0.784. The molecule has 0 saturated carbocycles. The standard InChI is InChI=1S/C14H7O4.Rh/c15-10-6-5-9-11(14(10)18)13(17)8-4-2-1-3-7(8)12(9)16;/h1-5,15,17H;/q-1;. The van der Waals surface area contributed by atoms with Crippen LogP contribution >= 0.6 is 0 Å². The second-order valence-corrected chi connectivity index (χ2v) is 3.98. The van der Waals surface area contributed by atoms with Gasteiger partial charge in [-0.3, -0.25) is 0 Å². The van der Waals surface area contributed by atoms with E-state index in [1.807, 2.05) is 0 Å². The van der Waals surface area contributed by atoms with Gasteiger partial charge in [-0.15, -0.1) is 6.08 Å². The maximum absolute atomic E-state index is 12.2. The Morgan fingerprint density at radius 3 is 2.26 bits per heavy atom. The predicted octanol–water partition coefficient (Wildman–Crippen LogP) is 1.90. The maximum Gasteiger partial charge on any atom is 0.140 e. The Labute approximate surface area is 121 Å². The van der Waals surface area contributed by atoms with Crippen molar-refractivity contribution in [2.24, 2.45) is 0 Å². The van der Waals surface area contributed by atoms with E-state index in [1.165, 1.54) is 6.08 Å². The van der Waals surface area contributed by atoms with Crippen LogP contribution in [0.1, 0.15) is 15.9 Å². The molecule has 0 atom stereocenters. The van der Waals surface area contributed by atoms with E-state index in [0.717, 1.165) is 0 Å². The smallest absolute Gasteiger partial charge is 0.140 e. The molecule has 2 N–H and O–H groups in total. The summed E-state index contributed by atoms with van der Waals surface area (Å²) >= 11 is 0. The largest absolute Gasteiger partial charge is 0.530 e. The minimum Gasteiger partial charge on any atom is -0.530 e. The van der Waals surface area contributed by atoms with Crippen molar-refractivity contribution in [3.8, 4) is 0 Å². The van der Waals surface area contributed by atoms with E-state index in [2.05, 4.69) is 6.08 Å². The molecule has 0 amide bonds. The third-order valence-electron chi connectivity index (χ3n) is 2.97. The van der Waals surface area contributed by atoms with E-state index in [9.17, 15) is 19.8 Å². The van der Waals surface area contributed by atoms with Crippen LogP contribution in [0.3, 0.4) is 0 Å². The molecule has 0 spiro atoms. The van der Waals surface area contributed by atoms with Gasteiger partial charge < -0.3 is 19.8 Å². The summed E-state index contributed by atoms with van der Waals surface area (Å²) in [7, 11) is 0. The third kappa shape index (κ3) is 1.78. The van der Waals surface area contributed by atoms with Gasteiger partial charge in [0.2, 0.25) is 0 Å². The number of fused-ring (bicyclic) bond motifs is 2.